The standard InChI is InChI=1S/C17H24N2O3/c20-17(19-10-13-4-2-1-3-5-13)11-18-9-14-6-7-15-16(8-14)22-12-21-15/h6-8,13,18H,1-5,9-12H2,(H,19,20). The van der Waals surface area contributed by atoms with Gasteiger partial charge in [-0.3, -0.25) is 4.79 Å². The first-order valence-corrected chi connectivity index (χ1v) is 8.17. The predicted molar refractivity (Wildman–Crippen MR) is 83.9 cm³/mol. The van der Waals surface area contributed by atoms with Crippen molar-refractivity contribution in [1.82, 2.24) is 10.6 Å². The average molecular weight is 304 g/mol. The zero-order chi connectivity index (χ0) is 15.2. The molecule has 1 amide bonds. The summed E-state index contributed by atoms with van der Waals surface area (Å²) in [6, 6.07) is 5.85. The molecule has 0 unspecified atom stereocenters. The number of ether oxygens (including phenoxy) is 2. The first kappa shape index (κ1) is 15.2. The van der Waals surface area contributed by atoms with E-state index in [1.54, 1.807) is 0 Å². The minimum absolute atomic E-state index is 0.0753. The predicted octanol–water partition coefficient (Wildman–Crippen LogP) is 2.20. The van der Waals surface area contributed by atoms with Gasteiger partial charge in [0.05, 0.1) is 6.54 Å². The number of rotatable bonds is 6. The molecule has 120 valence electrons. The Morgan fingerprint density at radius 3 is 2.82 bits per heavy atom. The van der Waals surface area contributed by atoms with E-state index in [2.05, 4.69) is 10.6 Å². The van der Waals surface area contributed by atoms with E-state index in [0.29, 0.717) is 19.0 Å². The number of benzene rings is 1. The second-order valence-electron chi connectivity index (χ2n) is 6.10. The van der Waals surface area contributed by atoms with E-state index in [-0.39, 0.29) is 12.7 Å². The van der Waals surface area contributed by atoms with Gasteiger partial charge in [-0.25, -0.2) is 0 Å². The van der Waals surface area contributed by atoms with Crippen LogP contribution in [0.4, 0.5) is 0 Å². The lowest BCUT2D eigenvalue weighted by molar-refractivity contribution is -0.120. The van der Waals surface area contributed by atoms with Gasteiger partial charge in [-0.1, -0.05) is 25.3 Å². The maximum atomic E-state index is 11.8. The van der Waals surface area contributed by atoms with Crippen molar-refractivity contribution in [2.75, 3.05) is 19.9 Å². The minimum atomic E-state index is 0.0753. The normalized spacial score (nSPS) is 17.5. The van der Waals surface area contributed by atoms with Gasteiger partial charge in [-0.2, -0.15) is 0 Å². The third kappa shape index (κ3) is 4.13. The van der Waals surface area contributed by atoms with Crippen LogP contribution >= 0.6 is 0 Å². The van der Waals surface area contributed by atoms with Crippen LogP contribution in [0.1, 0.15) is 37.7 Å². The van der Waals surface area contributed by atoms with Gasteiger partial charge < -0.3 is 20.1 Å². The number of fused-ring (bicyclic) bond motifs is 1. The Kier molecular flexibility index (Phi) is 5.16. The van der Waals surface area contributed by atoms with Crippen molar-refractivity contribution >= 4 is 5.91 Å². The fourth-order valence-electron chi connectivity index (χ4n) is 3.08. The van der Waals surface area contributed by atoms with Gasteiger partial charge in [0.1, 0.15) is 0 Å². The van der Waals surface area contributed by atoms with Gasteiger partial charge in [0.15, 0.2) is 11.5 Å². The van der Waals surface area contributed by atoms with Crippen LogP contribution in [0, 0.1) is 5.92 Å². The summed E-state index contributed by atoms with van der Waals surface area (Å²) in [7, 11) is 0. The molecule has 5 nitrogen and oxygen atoms in total. The van der Waals surface area contributed by atoms with Crippen molar-refractivity contribution in [2.45, 2.75) is 38.6 Å². The number of hydrogen-bond donors (Lipinski definition) is 2. The largest absolute Gasteiger partial charge is 0.454 e. The molecular formula is C17H24N2O3. The van der Waals surface area contributed by atoms with Crippen LogP contribution in [0.15, 0.2) is 18.2 Å². The molecule has 0 spiro atoms. The summed E-state index contributed by atoms with van der Waals surface area (Å²) in [4.78, 5) is 11.8. The van der Waals surface area contributed by atoms with E-state index in [9.17, 15) is 4.79 Å². The molecule has 0 bridgehead atoms. The Morgan fingerprint density at radius 1 is 1.14 bits per heavy atom. The summed E-state index contributed by atoms with van der Waals surface area (Å²) in [5.74, 6) is 2.31. The molecule has 1 aromatic carbocycles. The number of carbonyl (C=O) groups is 1. The molecule has 2 aliphatic rings. The highest BCUT2D eigenvalue weighted by atomic mass is 16.7. The Balaban J connectivity index is 1.34. The zero-order valence-electron chi connectivity index (χ0n) is 12.9. The second-order valence-corrected chi connectivity index (χ2v) is 6.10. The highest BCUT2D eigenvalue weighted by molar-refractivity contribution is 5.77. The van der Waals surface area contributed by atoms with Crippen LogP contribution in [-0.4, -0.2) is 25.8 Å². The lowest BCUT2D eigenvalue weighted by atomic mass is 9.89. The SMILES string of the molecule is O=C(CNCc1ccc2c(c1)OCO2)NCC1CCCCC1. The van der Waals surface area contributed by atoms with Crippen molar-refractivity contribution in [2.24, 2.45) is 5.92 Å². The molecule has 1 aliphatic carbocycles. The van der Waals surface area contributed by atoms with Crippen LogP contribution in [0.5, 0.6) is 11.5 Å². The fourth-order valence-corrected chi connectivity index (χ4v) is 3.08. The summed E-state index contributed by atoms with van der Waals surface area (Å²) in [5.41, 5.74) is 1.09. The van der Waals surface area contributed by atoms with E-state index >= 15 is 0 Å². The van der Waals surface area contributed by atoms with E-state index in [1.165, 1.54) is 32.1 Å². The lowest BCUT2D eigenvalue weighted by Crippen LogP contribution is -2.36. The number of amides is 1. The third-order valence-electron chi connectivity index (χ3n) is 4.36. The quantitative estimate of drug-likeness (QED) is 0.846. The molecule has 0 atom stereocenters. The van der Waals surface area contributed by atoms with Crippen LogP contribution < -0.4 is 20.1 Å². The van der Waals surface area contributed by atoms with Gasteiger partial charge in [-0.15, -0.1) is 0 Å². The van der Waals surface area contributed by atoms with Crippen molar-refractivity contribution in [3.05, 3.63) is 23.8 Å². The van der Waals surface area contributed by atoms with Crippen LogP contribution in [0.3, 0.4) is 0 Å². The van der Waals surface area contributed by atoms with Gasteiger partial charge in [-0.05, 0) is 36.5 Å². The smallest absolute Gasteiger partial charge is 0.233 e. The molecule has 0 saturated heterocycles. The summed E-state index contributed by atoms with van der Waals surface area (Å²) in [6.45, 7) is 2.11. The van der Waals surface area contributed by atoms with Crippen molar-refractivity contribution < 1.29 is 14.3 Å². The summed E-state index contributed by atoms with van der Waals surface area (Å²) >= 11 is 0. The zero-order valence-corrected chi connectivity index (χ0v) is 12.9. The van der Waals surface area contributed by atoms with Crippen molar-refractivity contribution in [3.63, 3.8) is 0 Å². The minimum Gasteiger partial charge on any atom is -0.454 e. The molecule has 1 saturated carbocycles. The molecule has 5 heteroatoms. The maximum Gasteiger partial charge on any atom is 0.233 e. The highest BCUT2D eigenvalue weighted by Gasteiger charge is 2.15. The molecule has 22 heavy (non-hydrogen) atoms. The Morgan fingerprint density at radius 2 is 1.95 bits per heavy atom. The van der Waals surface area contributed by atoms with Crippen molar-refractivity contribution in [3.8, 4) is 11.5 Å². The Labute approximate surface area is 131 Å². The fraction of sp³-hybridized carbons (Fsp3) is 0.588. The monoisotopic (exact) mass is 304 g/mol. The van der Waals surface area contributed by atoms with Gasteiger partial charge >= 0.3 is 0 Å². The highest BCUT2D eigenvalue weighted by Crippen LogP contribution is 2.32. The lowest BCUT2D eigenvalue weighted by Gasteiger charge is -2.21. The first-order valence-electron chi connectivity index (χ1n) is 8.17. The van der Waals surface area contributed by atoms with Gasteiger partial charge in [0.2, 0.25) is 12.7 Å². The number of nitrogens with one attached hydrogen (secondary N) is 2. The van der Waals surface area contributed by atoms with Crippen LogP contribution in [0.25, 0.3) is 0 Å². The molecule has 0 aromatic heterocycles. The van der Waals surface area contributed by atoms with E-state index in [1.807, 2.05) is 18.2 Å². The topological polar surface area (TPSA) is 59.6 Å². The number of carbonyl (C=O) groups excluding carboxylic acids is 1. The Bertz CT molecular complexity index is 513. The molecule has 0 radical (unpaired) electrons. The Hall–Kier alpha value is -1.75. The van der Waals surface area contributed by atoms with E-state index < -0.39 is 0 Å². The molecule has 1 aromatic rings. The van der Waals surface area contributed by atoms with Crippen LogP contribution in [0.2, 0.25) is 0 Å². The van der Waals surface area contributed by atoms with Gasteiger partial charge in [0.25, 0.3) is 0 Å². The average Bonchev–Trinajstić information content (AvgIpc) is 3.02. The van der Waals surface area contributed by atoms with Crippen molar-refractivity contribution in [1.29, 1.82) is 0 Å². The molecule has 1 fully saturated rings. The second kappa shape index (κ2) is 7.49. The van der Waals surface area contributed by atoms with E-state index in [0.717, 1.165) is 23.6 Å². The van der Waals surface area contributed by atoms with Gasteiger partial charge in [0, 0.05) is 13.1 Å². The summed E-state index contributed by atoms with van der Waals surface area (Å²) in [6.07, 6.45) is 6.48. The molecule has 2 N–H and O–H groups in total. The number of hydrogen-bond acceptors (Lipinski definition) is 4. The summed E-state index contributed by atoms with van der Waals surface area (Å²) in [5, 5.41) is 6.21. The first-order chi connectivity index (χ1) is 10.8. The summed E-state index contributed by atoms with van der Waals surface area (Å²) < 4.78 is 10.6. The molecule has 1 heterocycles. The molecule has 1 aliphatic heterocycles. The molecular weight excluding hydrogens is 280 g/mol. The van der Waals surface area contributed by atoms with Crippen LogP contribution in [-0.2, 0) is 11.3 Å². The maximum absolute atomic E-state index is 11.8. The third-order valence-corrected chi connectivity index (χ3v) is 4.36. The van der Waals surface area contributed by atoms with E-state index in [4.69, 9.17) is 9.47 Å². The molecule has 3 rings (SSSR count).